The van der Waals surface area contributed by atoms with Gasteiger partial charge in [-0.15, -0.1) is 0 Å². The SMILES string of the molecule is CN=C(NCCCCCCC(C)C)NCCCCn1ccnc1C. The van der Waals surface area contributed by atoms with Crippen LogP contribution in [-0.4, -0.2) is 35.6 Å². The zero-order valence-electron chi connectivity index (χ0n) is 16.1. The lowest BCUT2D eigenvalue weighted by molar-refractivity contribution is 0.518. The Hall–Kier alpha value is -1.52. The van der Waals surface area contributed by atoms with Crippen molar-refractivity contribution < 1.29 is 0 Å². The van der Waals surface area contributed by atoms with Gasteiger partial charge in [-0.1, -0.05) is 39.5 Å². The lowest BCUT2D eigenvalue weighted by atomic mass is 10.0. The fourth-order valence-corrected chi connectivity index (χ4v) is 2.71. The summed E-state index contributed by atoms with van der Waals surface area (Å²) in [7, 11) is 1.84. The van der Waals surface area contributed by atoms with E-state index in [1.165, 1.54) is 32.1 Å². The lowest BCUT2D eigenvalue weighted by Gasteiger charge is -2.12. The van der Waals surface area contributed by atoms with E-state index in [1.54, 1.807) is 0 Å². The topological polar surface area (TPSA) is 54.2 Å². The van der Waals surface area contributed by atoms with Gasteiger partial charge in [0.15, 0.2) is 5.96 Å². The molecule has 24 heavy (non-hydrogen) atoms. The Kier molecular flexibility index (Phi) is 11.0. The van der Waals surface area contributed by atoms with Gasteiger partial charge in [0.05, 0.1) is 0 Å². The van der Waals surface area contributed by atoms with Crippen molar-refractivity contribution in [1.82, 2.24) is 20.2 Å². The minimum atomic E-state index is 0.837. The van der Waals surface area contributed by atoms with Crippen LogP contribution < -0.4 is 10.6 Å². The van der Waals surface area contributed by atoms with Crippen LogP contribution in [0.5, 0.6) is 0 Å². The average Bonchev–Trinajstić information content (AvgIpc) is 2.96. The lowest BCUT2D eigenvalue weighted by Crippen LogP contribution is -2.38. The first-order valence-corrected chi connectivity index (χ1v) is 9.55. The van der Waals surface area contributed by atoms with Crippen LogP contribution in [0.4, 0.5) is 0 Å². The van der Waals surface area contributed by atoms with Gasteiger partial charge in [0.1, 0.15) is 5.82 Å². The predicted molar refractivity (Wildman–Crippen MR) is 103 cm³/mol. The van der Waals surface area contributed by atoms with Crippen molar-refractivity contribution in [3.63, 3.8) is 0 Å². The molecule has 0 aliphatic heterocycles. The number of imidazole rings is 1. The second-order valence-electron chi connectivity index (χ2n) is 6.90. The summed E-state index contributed by atoms with van der Waals surface area (Å²) in [4.78, 5) is 8.53. The minimum absolute atomic E-state index is 0.837. The zero-order chi connectivity index (χ0) is 17.6. The fraction of sp³-hybridized carbons (Fsp3) is 0.789. The first-order valence-electron chi connectivity index (χ1n) is 9.55. The molecule has 1 aromatic heterocycles. The Bertz CT molecular complexity index is 450. The van der Waals surface area contributed by atoms with Crippen molar-refractivity contribution in [2.75, 3.05) is 20.1 Å². The molecule has 0 saturated heterocycles. The van der Waals surface area contributed by atoms with E-state index in [0.29, 0.717) is 0 Å². The molecule has 0 fully saturated rings. The third-order valence-corrected chi connectivity index (χ3v) is 4.27. The van der Waals surface area contributed by atoms with E-state index in [0.717, 1.165) is 50.2 Å². The van der Waals surface area contributed by atoms with E-state index >= 15 is 0 Å². The summed E-state index contributed by atoms with van der Waals surface area (Å²) in [5.74, 6) is 2.86. The highest BCUT2D eigenvalue weighted by Crippen LogP contribution is 2.08. The smallest absolute Gasteiger partial charge is 0.190 e. The largest absolute Gasteiger partial charge is 0.356 e. The highest BCUT2D eigenvalue weighted by atomic mass is 15.2. The molecule has 0 amide bonds. The van der Waals surface area contributed by atoms with Crippen LogP contribution in [-0.2, 0) is 6.54 Å². The highest BCUT2D eigenvalue weighted by Gasteiger charge is 1.99. The van der Waals surface area contributed by atoms with Crippen LogP contribution in [0.3, 0.4) is 0 Å². The van der Waals surface area contributed by atoms with E-state index in [9.17, 15) is 0 Å². The normalized spacial score (nSPS) is 12.0. The Morgan fingerprint density at radius 3 is 2.33 bits per heavy atom. The number of aromatic nitrogens is 2. The predicted octanol–water partition coefficient (Wildman–Crippen LogP) is 3.74. The van der Waals surface area contributed by atoms with Gasteiger partial charge in [0.2, 0.25) is 0 Å². The van der Waals surface area contributed by atoms with Crippen LogP contribution in [0.15, 0.2) is 17.4 Å². The van der Waals surface area contributed by atoms with E-state index in [2.05, 4.69) is 39.0 Å². The number of nitrogens with zero attached hydrogens (tertiary/aromatic N) is 3. The maximum absolute atomic E-state index is 4.29. The summed E-state index contributed by atoms with van der Waals surface area (Å²) in [6, 6.07) is 0. The van der Waals surface area contributed by atoms with Crippen LogP contribution in [0.1, 0.15) is 64.6 Å². The average molecular weight is 336 g/mol. The molecule has 2 N–H and O–H groups in total. The van der Waals surface area contributed by atoms with E-state index in [1.807, 2.05) is 26.4 Å². The summed E-state index contributed by atoms with van der Waals surface area (Å²) in [6.45, 7) is 9.65. The first kappa shape index (κ1) is 20.5. The molecular formula is C19H37N5. The third-order valence-electron chi connectivity index (χ3n) is 4.27. The standard InChI is InChI=1S/C19H37N5/c1-17(2)11-7-5-6-8-12-22-19(20-4)23-13-9-10-15-24-16-14-21-18(24)3/h14,16-17H,5-13,15H2,1-4H3,(H2,20,22,23). The zero-order valence-corrected chi connectivity index (χ0v) is 16.1. The van der Waals surface area contributed by atoms with Crippen LogP contribution in [0.25, 0.3) is 0 Å². The fourth-order valence-electron chi connectivity index (χ4n) is 2.71. The van der Waals surface area contributed by atoms with Crippen LogP contribution in [0.2, 0.25) is 0 Å². The molecule has 1 heterocycles. The highest BCUT2D eigenvalue weighted by molar-refractivity contribution is 5.79. The first-order chi connectivity index (χ1) is 11.6. The summed E-state index contributed by atoms with van der Waals surface area (Å²) >= 11 is 0. The van der Waals surface area contributed by atoms with E-state index in [4.69, 9.17) is 0 Å². The number of rotatable bonds is 12. The van der Waals surface area contributed by atoms with Gasteiger partial charge in [-0.3, -0.25) is 4.99 Å². The molecule has 0 aliphatic rings. The molecule has 0 unspecified atom stereocenters. The molecule has 0 aliphatic carbocycles. The van der Waals surface area contributed by atoms with Crippen molar-refractivity contribution in [2.45, 2.75) is 72.3 Å². The van der Waals surface area contributed by atoms with Gasteiger partial charge in [-0.05, 0) is 32.1 Å². The van der Waals surface area contributed by atoms with Crippen molar-refractivity contribution in [2.24, 2.45) is 10.9 Å². The molecule has 0 aromatic carbocycles. The quantitative estimate of drug-likeness (QED) is 0.347. The summed E-state index contributed by atoms with van der Waals surface area (Å²) in [5, 5.41) is 6.80. The van der Waals surface area contributed by atoms with Gasteiger partial charge in [0.25, 0.3) is 0 Å². The molecule has 0 spiro atoms. The number of unbranched alkanes of at least 4 members (excludes halogenated alkanes) is 4. The Morgan fingerprint density at radius 2 is 1.75 bits per heavy atom. The molecule has 0 bridgehead atoms. The number of aryl methyl sites for hydroxylation is 2. The second-order valence-corrected chi connectivity index (χ2v) is 6.90. The van der Waals surface area contributed by atoms with Crippen molar-refractivity contribution in [3.05, 3.63) is 18.2 Å². The summed E-state index contributed by atoms with van der Waals surface area (Å²) in [6.07, 6.45) is 12.8. The number of aliphatic imine (C=N–C) groups is 1. The molecular weight excluding hydrogens is 298 g/mol. The number of hydrogen-bond donors (Lipinski definition) is 2. The van der Waals surface area contributed by atoms with Crippen LogP contribution in [0, 0.1) is 12.8 Å². The molecule has 5 heteroatoms. The number of guanidine groups is 1. The van der Waals surface area contributed by atoms with Crippen molar-refractivity contribution >= 4 is 5.96 Å². The van der Waals surface area contributed by atoms with Gasteiger partial charge in [0, 0.05) is 39.1 Å². The second kappa shape index (κ2) is 12.8. The minimum Gasteiger partial charge on any atom is -0.356 e. The van der Waals surface area contributed by atoms with Crippen molar-refractivity contribution in [3.8, 4) is 0 Å². The molecule has 0 atom stereocenters. The summed E-state index contributed by atoms with van der Waals surface area (Å²) < 4.78 is 2.20. The van der Waals surface area contributed by atoms with E-state index < -0.39 is 0 Å². The Labute approximate surface area is 148 Å². The van der Waals surface area contributed by atoms with E-state index in [-0.39, 0.29) is 0 Å². The Balaban J connectivity index is 1.97. The van der Waals surface area contributed by atoms with Gasteiger partial charge in [-0.2, -0.15) is 0 Å². The van der Waals surface area contributed by atoms with Gasteiger partial charge in [-0.25, -0.2) is 4.98 Å². The third kappa shape index (κ3) is 9.58. The van der Waals surface area contributed by atoms with Crippen LogP contribution >= 0.6 is 0 Å². The maximum atomic E-state index is 4.29. The van der Waals surface area contributed by atoms with Crippen molar-refractivity contribution in [1.29, 1.82) is 0 Å². The molecule has 138 valence electrons. The molecule has 5 nitrogen and oxygen atoms in total. The summed E-state index contributed by atoms with van der Waals surface area (Å²) in [5.41, 5.74) is 0. The molecule has 0 radical (unpaired) electrons. The number of hydrogen-bond acceptors (Lipinski definition) is 2. The van der Waals surface area contributed by atoms with Gasteiger partial charge < -0.3 is 15.2 Å². The molecule has 1 rings (SSSR count). The van der Waals surface area contributed by atoms with Gasteiger partial charge >= 0.3 is 0 Å². The molecule has 0 saturated carbocycles. The monoisotopic (exact) mass is 335 g/mol. The Morgan fingerprint density at radius 1 is 1.08 bits per heavy atom. The molecule has 1 aromatic rings. The maximum Gasteiger partial charge on any atom is 0.190 e. The number of nitrogens with one attached hydrogen (secondary N) is 2.